The average Bonchev–Trinajstić information content (AvgIpc) is 2.79. The van der Waals surface area contributed by atoms with Gasteiger partial charge in [0.2, 0.25) is 0 Å². The number of carbonyl (C=O) groups excluding carboxylic acids is 2. The first-order valence-electron chi connectivity index (χ1n) is 13.6. The van der Waals surface area contributed by atoms with Crippen LogP contribution in [0.5, 0.6) is 0 Å². The number of ether oxygens (including phenoxy) is 2. The molecule has 0 saturated heterocycles. The minimum atomic E-state index is -0.756. The highest BCUT2D eigenvalue weighted by Crippen LogP contribution is 2.13. The molecule has 0 aliphatic heterocycles. The molecule has 0 aromatic heterocycles. The van der Waals surface area contributed by atoms with E-state index in [1.165, 1.54) is 77.0 Å². The summed E-state index contributed by atoms with van der Waals surface area (Å²) in [6.07, 6.45) is 21.6. The van der Waals surface area contributed by atoms with Gasteiger partial charge in [-0.2, -0.15) is 0 Å². The van der Waals surface area contributed by atoms with Crippen LogP contribution in [0.3, 0.4) is 0 Å². The Morgan fingerprint density at radius 1 is 0.594 bits per heavy atom. The van der Waals surface area contributed by atoms with E-state index >= 15 is 0 Å². The first-order valence-corrected chi connectivity index (χ1v) is 13.6. The summed E-state index contributed by atoms with van der Waals surface area (Å²) in [5, 5.41) is 9.39. The smallest absolute Gasteiger partial charge is 0.306 e. The third-order valence-electron chi connectivity index (χ3n) is 5.90. The molecule has 0 saturated carbocycles. The lowest BCUT2D eigenvalue weighted by atomic mass is 10.1. The summed E-state index contributed by atoms with van der Waals surface area (Å²) in [4.78, 5) is 23.8. The summed E-state index contributed by atoms with van der Waals surface area (Å²) in [5.41, 5.74) is 0. The Morgan fingerprint density at radius 2 is 0.969 bits per heavy atom. The van der Waals surface area contributed by atoms with Gasteiger partial charge in [0.05, 0.1) is 6.61 Å². The largest absolute Gasteiger partial charge is 0.462 e. The molecule has 5 heteroatoms. The SMILES string of the molecule is CCCCCCCCCCCCCC(=O)OCC(CO)OC(=O)CCCCCCCCC. The zero-order valence-electron chi connectivity index (χ0n) is 21.2. The molecule has 0 spiro atoms. The fourth-order valence-electron chi connectivity index (χ4n) is 3.79. The molecule has 0 fully saturated rings. The molecular formula is C27H52O5. The Hall–Kier alpha value is -1.10. The van der Waals surface area contributed by atoms with Crippen LogP contribution in [0.15, 0.2) is 0 Å². The molecule has 0 aliphatic carbocycles. The topological polar surface area (TPSA) is 72.8 Å². The summed E-state index contributed by atoms with van der Waals surface area (Å²) in [6, 6.07) is 0. The molecule has 32 heavy (non-hydrogen) atoms. The molecule has 1 atom stereocenters. The summed E-state index contributed by atoms with van der Waals surface area (Å²) < 4.78 is 10.4. The van der Waals surface area contributed by atoms with Crippen molar-refractivity contribution in [2.45, 2.75) is 148 Å². The second-order valence-corrected chi connectivity index (χ2v) is 9.13. The number of hydrogen-bond donors (Lipinski definition) is 1. The Labute approximate surface area is 198 Å². The fourth-order valence-corrected chi connectivity index (χ4v) is 3.79. The van der Waals surface area contributed by atoms with Crippen molar-refractivity contribution >= 4 is 11.9 Å². The van der Waals surface area contributed by atoms with Crippen LogP contribution < -0.4 is 0 Å². The molecule has 1 unspecified atom stereocenters. The van der Waals surface area contributed by atoms with Crippen LogP contribution in [-0.2, 0) is 19.1 Å². The molecule has 0 aromatic carbocycles. The lowest BCUT2D eigenvalue weighted by molar-refractivity contribution is -0.161. The van der Waals surface area contributed by atoms with Gasteiger partial charge >= 0.3 is 11.9 Å². The monoisotopic (exact) mass is 456 g/mol. The number of aliphatic hydroxyl groups is 1. The number of rotatable bonds is 24. The summed E-state index contributed by atoms with van der Waals surface area (Å²) >= 11 is 0. The van der Waals surface area contributed by atoms with Crippen LogP contribution in [0.25, 0.3) is 0 Å². The molecule has 0 radical (unpaired) electrons. The van der Waals surface area contributed by atoms with Crippen LogP contribution in [0, 0.1) is 0 Å². The quantitative estimate of drug-likeness (QED) is 0.122. The highest BCUT2D eigenvalue weighted by atomic mass is 16.6. The standard InChI is InChI=1S/C27H52O5/c1-3-5-7-9-11-12-13-14-16-17-19-21-26(29)31-24-25(23-28)32-27(30)22-20-18-15-10-8-6-4-2/h25,28H,3-24H2,1-2H3. The van der Waals surface area contributed by atoms with E-state index in [1.807, 2.05) is 0 Å². The Bertz CT molecular complexity index is 424. The number of carbonyl (C=O) groups is 2. The molecular weight excluding hydrogens is 404 g/mol. The van der Waals surface area contributed by atoms with Crippen LogP contribution in [-0.4, -0.2) is 36.4 Å². The summed E-state index contributed by atoms with van der Waals surface area (Å²) in [5.74, 6) is -0.596. The van der Waals surface area contributed by atoms with Crippen molar-refractivity contribution in [3.8, 4) is 0 Å². The number of hydrogen-bond acceptors (Lipinski definition) is 5. The van der Waals surface area contributed by atoms with E-state index in [1.54, 1.807) is 0 Å². The minimum Gasteiger partial charge on any atom is -0.462 e. The summed E-state index contributed by atoms with van der Waals surface area (Å²) in [6.45, 7) is 4.06. The van der Waals surface area contributed by atoms with Crippen molar-refractivity contribution in [3.63, 3.8) is 0 Å². The highest BCUT2D eigenvalue weighted by molar-refractivity contribution is 5.70. The predicted molar refractivity (Wildman–Crippen MR) is 132 cm³/mol. The molecule has 5 nitrogen and oxygen atoms in total. The van der Waals surface area contributed by atoms with Crippen molar-refractivity contribution in [2.75, 3.05) is 13.2 Å². The Morgan fingerprint density at radius 3 is 1.38 bits per heavy atom. The van der Waals surface area contributed by atoms with Crippen LogP contribution in [0.4, 0.5) is 0 Å². The first kappa shape index (κ1) is 30.9. The second kappa shape index (κ2) is 24.5. The van der Waals surface area contributed by atoms with Crippen molar-refractivity contribution in [2.24, 2.45) is 0 Å². The maximum Gasteiger partial charge on any atom is 0.306 e. The van der Waals surface area contributed by atoms with Gasteiger partial charge in [0, 0.05) is 12.8 Å². The highest BCUT2D eigenvalue weighted by Gasteiger charge is 2.16. The van der Waals surface area contributed by atoms with Crippen LogP contribution >= 0.6 is 0 Å². The van der Waals surface area contributed by atoms with Gasteiger partial charge in [-0.05, 0) is 12.8 Å². The number of esters is 2. The molecule has 0 bridgehead atoms. The Balaban J connectivity index is 3.59. The van der Waals surface area contributed by atoms with Crippen LogP contribution in [0.2, 0.25) is 0 Å². The zero-order chi connectivity index (χ0) is 23.7. The number of aliphatic hydroxyl groups excluding tert-OH is 1. The van der Waals surface area contributed by atoms with Gasteiger partial charge in [0.25, 0.3) is 0 Å². The van der Waals surface area contributed by atoms with E-state index in [0.717, 1.165) is 38.5 Å². The van der Waals surface area contributed by atoms with E-state index in [9.17, 15) is 14.7 Å². The maximum absolute atomic E-state index is 11.9. The second-order valence-electron chi connectivity index (χ2n) is 9.13. The maximum atomic E-state index is 11.9. The van der Waals surface area contributed by atoms with Crippen molar-refractivity contribution in [1.82, 2.24) is 0 Å². The molecule has 190 valence electrons. The van der Waals surface area contributed by atoms with E-state index in [4.69, 9.17) is 9.47 Å². The van der Waals surface area contributed by atoms with E-state index in [0.29, 0.717) is 12.8 Å². The zero-order valence-corrected chi connectivity index (χ0v) is 21.2. The third kappa shape index (κ3) is 22.1. The molecule has 0 heterocycles. The van der Waals surface area contributed by atoms with Gasteiger partial charge in [-0.3, -0.25) is 9.59 Å². The lowest BCUT2D eigenvalue weighted by Crippen LogP contribution is -2.28. The first-order chi connectivity index (χ1) is 15.6. The minimum absolute atomic E-state index is 0.0594. The third-order valence-corrected chi connectivity index (χ3v) is 5.90. The molecule has 0 aliphatic rings. The van der Waals surface area contributed by atoms with Crippen LogP contribution in [0.1, 0.15) is 142 Å². The normalized spacial score (nSPS) is 12.0. The van der Waals surface area contributed by atoms with Gasteiger partial charge in [-0.25, -0.2) is 0 Å². The van der Waals surface area contributed by atoms with E-state index in [2.05, 4.69) is 13.8 Å². The molecule has 1 N–H and O–H groups in total. The van der Waals surface area contributed by atoms with Gasteiger partial charge in [-0.15, -0.1) is 0 Å². The molecule has 0 amide bonds. The summed E-state index contributed by atoms with van der Waals surface area (Å²) in [7, 11) is 0. The van der Waals surface area contributed by atoms with Gasteiger partial charge in [-0.1, -0.05) is 117 Å². The van der Waals surface area contributed by atoms with Gasteiger partial charge in [0.1, 0.15) is 6.61 Å². The van der Waals surface area contributed by atoms with E-state index in [-0.39, 0.29) is 25.2 Å². The molecule has 0 rings (SSSR count). The van der Waals surface area contributed by atoms with E-state index < -0.39 is 6.10 Å². The Kier molecular flexibility index (Phi) is 23.7. The van der Waals surface area contributed by atoms with Gasteiger partial charge < -0.3 is 14.6 Å². The predicted octanol–water partition coefficient (Wildman–Crippen LogP) is 7.28. The molecule has 0 aromatic rings. The van der Waals surface area contributed by atoms with Gasteiger partial charge in [0.15, 0.2) is 6.10 Å². The van der Waals surface area contributed by atoms with Crippen molar-refractivity contribution in [1.29, 1.82) is 0 Å². The van der Waals surface area contributed by atoms with Crippen molar-refractivity contribution in [3.05, 3.63) is 0 Å². The number of unbranched alkanes of at least 4 members (excludes halogenated alkanes) is 16. The average molecular weight is 457 g/mol. The van der Waals surface area contributed by atoms with Crippen molar-refractivity contribution < 1.29 is 24.2 Å². The fraction of sp³-hybridized carbons (Fsp3) is 0.926. The lowest BCUT2D eigenvalue weighted by Gasteiger charge is -2.15.